The van der Waals surface area contributed by atoms with E-state index >= 15 is 0 Å². The van der Waals surface area contributed by atoms with Crippen molar-refractivity contribution in [1.29, 1.82) is 0 Å². The van der Waals surface area contributed by atoms with E-state index in [4.69, 9.17) is 4.74 Å². The molecule has 1 heterocycles. The maximum absolute atomic E-state index is 5.45. The van der Waals surface area contributed by atoms with Gasteiger partial charge in [-0.2, -0.15) is 0 Å². The molecular weight excluding hydrogens is 188 g/mol. The summed E-state index contributed by atoms with van der Waals surface area (Å²) in [6.45, 7) is 2.66. The number of benzene rings is 1. The summed E-state index contributed by atoms with van der Waals surface area (Å²) in [5.41, 5.74) is 1.08. The fourth-order valence-corrected chi connectivity index (χ4v) is 1.54. The van der Waals surface area contributed by atoms with Crippen LogP contribution in [0.15, 0.2) is 36.7 Å². The van der Waals surface area contributed by atoms with Crippen LogP contribution < -0.4 is 4.74 Å². The molecule has 3 heteroatoms. The van der Waals surface area contributed by atoms with Gasteiger partial charge in [-0.15, -0.1) is 0 Å². The van der Waals surface area contributed by atoms with Crippen molar-refractivity contribution in [2.45, 2.75) is 6.92 Å². The fraction of sp³-hybridized carbons (Fsp3) is 0.250. The molecule has 0 aliphatic carbocycles. The van der Waals surface area contributed by atoms with Gasteiger partial charge in [0.25, 0.3) is 0 Å². The number of rotatable bonds is 3. The van der Waals surface area contributed by atoms with Gasteiger partial charge in [0.1, 0.15) is 11.6 Å². The van der Waals surface area contributed by atoms with Gasteiger partial charge in [-0.25, -0.2) is 4.98 Å². The normalized spacial score (nSPS) is 10.3. The highest BCUT2D eigenvalue weighted by atomic mass is 16.5. The second-order valence-electron chi connectivity index (χ2n) is 3.32. The molecule has 0 saturated carbocycles. The number of imidazole rings is 1. The molecule has 78 valence electrons. The van der Waals surface area contributed by atoms with Crippen LogP contribution in [0.1, 0.15) is 6.92 Å². The van der Waals surface area contributed by atoms with E-state index in [2.05, 4.69) is 4.98 Å². The zero-order chi connectivity index (χ0) is 10.7. The molecule has 0 saturated heterocycles. The third-order valence-electron chi connectivity index (χ3n) is 2.22. The van der Waals surface area contributed by atoms with Crippen molar-refractivity contribution >= 4 is 0 Å². The minimum atomic E-state index is 0.685. The van der Waals surface area contributed by atoms with E-state index in [1.807, 2.05) is 49.0 Å². The topological polar surface area (TPSA) is 27.1 Å². The van der Waals surface area contributed by atoms with E-state index in [1.165, 1.54) is 0 Å². The molecule has 0 fully saturated rings. The molecule has 3 nitrogen and oxygen atoms in total. The molecule has 0 aliphatic heterocycles. The summed E-state index contributed by atoms with van der Waals surface area (Å²) < 4.78 is 7.44. The summed E-state index contributed by atoms with van der Waals surface area (Å²) in [6.07, 6.45) is 3.73. The Bertz CT molecular complexity index is 448. The van der Waals surface area contributed by atoms with Gasteiger partial charge in [-0.05, 0) is 19.1 Å². The van der Waals surface area contributed by atoms with Crippen molar-refractivity contribution in [1.82, 2.24) is 9.55 Å². The zero-order valence-corrected chi connectivity index (χ0v) is 8.97. The number of nitrogens with zero attached hydrogens (tertiary/aromatic N) is 2. The third kappa shape index (κ3) is 2.01. The second kappa shape index (κ2) is 4.17. The molecule has 0 aliphatic rings. The lowest BCUT2D eigenvalue weighted by atomic mass is 10.2. The van der Waals surface area contributed by atoms with Crippen LogP contribution in [0.3, 0.4) is 0 Å². The Morgan fingerprint density at radius 2 is 2.27 bits per heavy atom. The van der Waals surface area contributed by atoms with Crippen LogP contribution >= 0.6 is 0 Å². The largest absolute Gasteiger partial charge is 0.494 e. The summed E-state index contributed by atoms with van der Waals surface area (Å²) in [5, 5.41) is 0. The van der Waals surface area contributed by atoms with Crippen molar-refractivity contribution in [3.63, 3.8) is 0 Å². The zero-order valence-electron chi connectivity index (χ0n) is 8.97. The first-order valence-electron chi connectivity index (χ1n) is 5.02. The van der Waals surface area contributed by atoms with Crippen LogP contribution in [0.2, 0.25) is 0 Å². The molecule has 0 bridgehead atoms. The third-order valence-corrected chi connectivity index (χ3v) is 2.22. The molecule has 0 spiro atoms. The average Bonchev–Trinajstić information content (AvgIpc) is 2.65. The van der Waals surface area contributed by atoms with Crippen LogP contribution in [0, 0.1) is 0 Å². The standard InChI is InChI=1S/C12H14N2O/c1-3-15-11-6-4-5-10(9-11)12-13-7-8-14(12)2/h4-9H,3H2,1-2H3. The Balaban J connectivity index is 2.37. The highest BCUT2D eigenvalue weighted by Gasteiger charge is 2.03. The van der Waals surface area contributed by atoms with Gasteiger partial charge < -0.3 is 9.30 Å². The number of ether oxygens (including phenoxy) is 1. The van der Waals surface area contributed by atoms with Crippen molar-refractivity contribution < 1.29 is 4.74 Å². The van der Waals surface area contributed by atoms with E-state index in [0.29, 0.717) is 6.61 Å². The van der Waals surface area contributed by atoms with Gasteiger partial charge >= 0.3 is 0 Å². The minimum absolute atomic E-state index is 0.685. The van der Waals surface area contributed by atoms with Crippen molar-refractivity contribution in [2.75, 3.05) is 6.61 Å². The molecule has 1 aromatic carbocycles. The van der Waals surface area contributed by atoms with E-state index in [1.54, 1.807) is 6.20 Å². The van der Waals surface area contributed by atoms with Gasteiger partial charge in [0.05, 0.1) is 6.61 Å². The van der Waals surface area contributed by atoms with Crippen molar-refractivity contribution in [3.05, 3.63) is 36.7 Å². The lowest BCUT2D eigenvalue weighted by molar-refractivity contribution is 0.340. The van der Waals surface area contributed by atoms with E-state index < -0.39 is 0 Å². The van der Waals surface area contributed by atoms with Gasteiger partial charge in [0.15, 0.2) is 0 Å². The monoisotopic (exact) mass is 202 g/mol. The summed E-state index contributed by atoms with van der Waals surface area (Å²) in [4.78, 5) is 4.29. The quantitative estimate of drug-likeness (QED) is 0.764. The molecule has 15 heavy (non-hydrogen) atoms. The van der Waals surface area contributed by atoms with Crippen LogP contribution in [-0.2, 0) is 7.05 Å². The second-order valence-corrected chi connectivity index (χ2v) is 3.32. The predicted octanol–water partition coefficient (Wildman–Crippen LogP) is 2.49. The van der Waals surface area contributed by atoms with E-state index in [0.717, 1.165) is 17.1 Å². The number of hydrogen-bond acceptors (Lipinski definition) is 2. The number of hydrogen-bond donors (Lipinski definition) is 0. The molecule has 0 radical (unpaired) electrons. The first-order valence-corrected chi connectivity index (χ1v) is 5.02. The first-order chi connectivity index (χ1) is 7.31. The first kappa shape index (κ1) is 9.77. The fourth-order valence-electron chi connectivity index (χ4n) is 1.54. The van der Waals surface area contributed by atoms with E-state index in [9.17, 15) is 0 Å². The molecule has 1 aromatic heterocycles. The van der Waals surface area contributed by atoms with Crippen LogP contribution in [-0.4, -0.2) is 16.2 Å². The molecule has 2 rings (SSSR count). The summed E-state index contributed by atoms with van der Waals surface area (Å²) in [5.74, 6) is 1.84. The SMILES string of the molecule is CCOc1cccc(-c2nccn2C)c1. The van der Waals surface area contributed by atoms with Crippen LogP contribution in [0.5, 0.6) is 5.75 Å². The lowest BCUT2D eigenvalue weighted by Crippen LogP contribution is -1.94. The summed E-state index contributed by atoms with van der Waals surface area (Å²) in [6, 6.07) is 7.97. The highest BCUT2D eigenvalue weighted by Crippen LogP contribution is 2.21. The highest BCUT2D eigenvalue weighted by molar-refractivity contribution is 5.57. The Kier molecular flexibility index (Phi) is 2.72. The summed E-state index contributed by atoms with van der Waals surface area (Å²) >= 11 is 0. The molecule has 0 N–H and O–H groups in total. The van der Waals surface area contributed by atoms with Gasteiger partial charge in [-0.3, -0.25) is 0 Å². The maximum atomic E-state index is 5.45. The Morgan fingerprint density at radius 1 is 1.40 bits per heavy atom. The molecular formula is C12H14N2O. The van der Waals surface area contributed by atoms with E-state index in [-0.39, 0.29) is 0 Å². The smallest absolute Gasteiger partial charge is 0.139 e. The van der Waals surface area contributed by atoms with Gasteiger partial charge in [0, 0.05) is 25.0 Å². The Morgan fingerprint density at radius 3 is 2.93 bits per heavy atom. The summed E-state index contributed by atoms with van der Waals surface area (Å²) in [7, 11) is 1.98. The minimum Gasteiger partial charge on any atom is -0.494 e. The van der Waals surface area contributed by atoms with Gasteiger partial charge in [0.2, 0.25) is 0 Å². The molecule has 0 amide bonds. The molecule has 0 unspecified atom stereocenters. The van der Waals surface area contributed by atoms with Crippen LogP contribution in [0.4, 0.5) is 0 Å². The van der Waals surface area contributed by atoms with Gasteiger partial charge in [-0.1, -0.05) is 12.1 Å². The Hall–Kier alpha value is -1.77. The van der Waals surface area contributed by atoms with Crippen molar-refractivity contribution in [3.8, 4) is 17.1 Å². The molecule has 0 atom stereocenters. The van der Waals surface area contributed by atoms with Crippen molar-refractivity contribution in [2.24, 2.45) is 7.05 Å². The molecule has 2 aromatic rings. The predicted molar refractivity (Wildman–Crippen MR) is 59.8 cm³/mol. The maximum Gasteiger partial charge on any atom is 0.139 e. The average molecular weight is 202 g/mol. The number of aromatic nitrogens is 2. The Labute approximate surface area is 89.3 Å². The lowest BCUT2D eigenvalue weighted by Gasteiger charge is -2.05. The number of aryl methyl sites for hydroxylation is 1. The van der Waals surface area contributed by atoms with Crippen LogP contribution in [0.25, 0.3) is 11.4 Å².